The molecule has 6 heteroatoms. The van der Waals surface area contributed by atoms with Gasteiger partial charge in [0.1, 0.15) is 6.61 Å². The summed E-state index contributed by atoms with van der Waals surface area (Å²) in [6, 6.07) is 14.8. The Morgan fingerprint density at radius 3 is 2.44 bits per heavy atom. The number of aromatic nitrogens is 1. The van der Waals surface area contributed by atoms with E-state index in [1.54, 1.807) is 48.5 Å². The second-order valence-electron chi connectivity index (χ2n) is 5.36. The van der Waals surface area contributed by atoms with Gasteiger partial charge in [-0.15, -0.1) is 0 Å². The summed E-state index contributed by atoms with van der Waals surface area (Å²) in [6.07, 6.45) is 0. The number of esters is 2. The van der Waals surface area contributed by atoms with Crippen LogP contribution in [0, 0.1) is 0 Å². The molecule has 6 nitrogen and oxygen atoms in total. The quantitative estimate of drug-likeness (QED) is 0.740. The van der Waals surface area contributed by atoms with Crippen molar-refractivity contribution < 1.29 is 19.1 Å². The van der Waals surface area contributed by atoms with Gasteiger partial charge in [-0.3, -0.25) is 4.79 Å². The van der Waals surface area contributed by atoms with Gasteiger partial charge in [-0.1, -0.05) is 30.3 Å². The molecule has 0 bridgehead atoms. The average Bonchev–Trinajstić information content (AvgIpc) is 2.65. The molecule has 1 N–H and O–H groups in total. The van der Waals surface area contributed by atoms with Crippen molar-refractivity contribution in [1.29, 1.82) is 0 Å². The molecule has 2 aromatic carbocycles. The Morgan fingerprint density at radius 2 is 1.72 bits per heavy atom. The Bertz CT molecular complexity index is 989. The van der Waals surface area contributed by atoms with E-state index in [-0.39, 0.29) is 17.7 Å². The fourth-order valence-electron chi connectivity index (χ4n) is 2.46. The van der Waals surface area contributed by atoms with Gasteiger partial charge in [0, 0.05) is 17.0 Å². The van der Waals surface area contributed by atoms with Crippen LogP contribution in [0.2, 0.25) is 0 Å². The van der Waals surface area contributed by atoms with E-state index in [2.05, 4.69) is 9.72 Å². The van der Waals surface area contributed by atoms with Crippen LogP contribution < -0.4 is 5.56 Å². The Hall–Kier alpha value is -3.41. The van der Waals surface area contributed by atoms with Crippen LogP contribution in [0.15, 0.2) is 59.4 Å². The minimum atomic E-state index is -0.584. The van der Waals surface area contributed by atoms with E-state index in [4.69, 9.17) is 4.74 Å². The summed E-state index contributed by atoms with van der Waals surface area (Å²) in [6.45, 7) is 0.0292. The molecule has 0 amide bonds. The van der Waals surface area contributed by atoms with E-state index in [0.29, 0.717) is 16.5 Å². The number of nitrogens with one attached hydrogen (secondary N) is 1. The summed E-state index contributed by atoms with van der Waals surface area (Å²) in [5.74, 6) is -1.02. The van der Waals surface area contributed by atoms with Crippen LogP contribution in [0.1, 0.15) is 26.3 Å². The van der Waals surface area contributed by atoms with Gasteiger partial charge < -0.3 is 14.5 Å². The molecule has 0 atom stereocenters. The maximum Gasteiger partial charge on any atom is 0.339 e. The number of pyridine rings is 1. The Labute approximate surface area is 143 Å². The average molecular weight is 337 g/mol. The second-order valence-corrected chi connectivity index (χ2v) is 5.36. The number of H-pyrrole nitrogens is 1. The first-order valence-corrected chi connectivity index (χ1v) is 7.55. The molecule has 0 unspecified atom stereocenters. The lowest BCUT2D eigenvalue weighted by atomic mass is 10.1. The van der Waals surface area contributed by atoms with Crippen molar-refractivity contribution in [3.8, 4) is 0 Å². The highest BCUT2D eigenvalue weighted by atomic mass is 16.5. The fourth-order valence-corrected chi connectivity index (χ4v) is 2.46. The SMILES string of the molecule is COC(=O)c1ccc(COC(=O)c2cc(=O)[nH]c3ccccc23)cc1. The molecule has 0 saturated carbocycles. The lowest BCUT2D eigenvalue weighted by Crippen LogP contribution is -2.13. The van der Waals surface area contributed by atoms with Crippen LogP contribution in [0.25, 0.3) is 10.9 Å². The van der Waals surface area contributed by atoms with Crippen molar-refractivity contribution in [1.82, 2.24) is 4.98 Å². The number of benzene rings is 2. The molecule has 0 saturated heterocycles. The standard InChI is InChI=1S/C19H15NO5/c1-24-18(22)13-8-6-12(7-9-13)11-25-19(23)15-10-17(21)20-16-5-3-2-4-14(15)16/h2-10H,11H2,1H3,(H,20,21). The van der Waals surface area contributed by atoms with Crippen LogP contribution in [-0.4, -0.2) is 24.0 Å². The molecule has 3 aromatic rings. The second kappa shape index (κ2) is 7.00. The number of aromatic amines is 1. The number of carbonyl (C=O) groups is 2. The van der Waals surface area contributed by atoms with Gasteiger partial charge in [0.2, 0.25) is 5.56 Å². The number of hydrogen-bond acceptors (Lipinski definition) is 5. The molecule has 0 radical (unpaired) electrons. The van der Waals surface area contributed by atoms with Gasteiger partial charge in [-0.25, -0.2) is 9.59 Å². The smallest absolute Gasteiger partial charge is 0.339 e. The number of fused-ring (bicyclic) bond motifs is 1. The van der Waals surface area contributed by atoms with E-state index >= 15 is 0 Å². The molecule has 1 aromatic heterocycles. The Balaban J connectivity index is 1.77. The molecule has 25 heavy (non-hydrogen) atoms. The van der Waals surface area contributed by atoms with Crippen LogP contribution in [0.3, 0.4) is 0 Å². The van der Waals surface area contributed by atoms with Crippen LogP contribution in [0.5, 0.6) is 0 Å². The van der Waals surface area contributed by atoms with Crippen molar-refractivity contribution in [2.45, 2.75) is 6.61 Å². The highest BCUT2D eigenvalue weighted by Crippen LogP contribution is 2.16. The first kappa shape index (κ1) is 16.4. The molecular weight excluding hydrogens is 322 g/mol. The van der Waals surface area contributed by atoms with Gasteiger partial charge in [0.25, 0.3) is 0 Å². The molecule has 0 aliphatic heterocycles. The first-order chi connectivity index (χ1) is 12.1. The summed E-state index contributed by atoms with van der Waals surface area (Å²) >= 11 is 0. The van der Waals surface area contributed by atoms with Crippen LogP contribution in [-0.2, 0) is 16.1 Å². The molecule has 0 fully saturated rings. The Morgan fingerprint density at radius 1 is 1.00 bits per heavy atom. The predicted octanol–water partition coefficient (Wildman–Crippen LogP) is 2.67. The van der Waals surface area contributed by atoms with Crippen molar-refractivity contribution in [2.75, 3.05) is 7.11 Å². The molecule has 1 heterocycles. The highest BCUT2D eigenvalue weighted by molar-refractivity contribution is 6.03. The zero-order chi connectivity index (χ0) is 17.8. The molecule has 126 valence electrons. The topological polar surface area (TPSA) is 85.5 Å². The van der Waals surface area contributed by atoms with Gasteiger partial charge >= 0.3 is 11.9 Å². The van der Waals surface area contributed by atoms with Crippen molar-refractivity contribution in [3.63, 3.8) is 0 Å². The monoisotopic (exact) mass is 337 g/mol. The fraction of sp³-hybridized carbons (Fsp3) is 0.105. The molecule has 0 aliphatic rings. The third-order valence-corrected chi connectivity index (χ3v) is 3.72. The number of carbonyl (C=O) groups excluding carboxylic acids is 2. The maximum atomic E-state index is 12.4. The molecular formula is C19H15NO5. The Kier molecular flexibility index (Phi) is 4.61. The summed E-state index contributed by atoms with van der Waals surface area (Å²) in [5, 5.41) is 0.619. The summed E-state index contributed by atoms with van der Waals surface area (Å²) in [7, 11) is 1.31. The van der Waals surface area contributed by atoms with Gasteiger partial charge in [0.05, 0.1) is 18.2 Å². The van der Waals surface area contributed by atoms with E-state index in [9.17, 15) is 14.4 Å². The minimum absolute atomic E-state index is 0.0292. The lowest BCUT2D eigenvalue weighted by Gasteiger charge is -2.08. The van der Waals surface area contributed by atoms with Gasteiger partial charge in [0.15, 0.2) is 0 Å². The third kappa shape index (κ3) is 3.58. The van der Waals surface area contributed by atoms with Crippen molar-refractivity contribution >= 4 is 22.8 Å². The van der Waals surface area contributed by atoms with Crippen LogP contribution in [0.4, 0.5) is 0 Å². The van der Waals surface area contributed by atoms with Gasteiger partial charge in [-0.2, -0.15) is 0 Å². The number of ether oxygens (including phenoxy) is 2. The lowest BCUT2D eigenvalue weighted by molar-refractivity contribution is 0.0473. The van der Waals surface area contributed by atoms with Gasteiger partial charge in [-0.05, 0) is 23.8 Å². The maximum absolute atomic E-state index is 12.4. The molecule has 3 rings (SSSR count). The number of hydrogen-bond donors (Lipinski definition) is 1. The summed E-state index contributed by atoms with van der Waals surface area (Å²) in [5.41, 5.74) is 1.55. The van der Waals surface area contributed by atoms with E-state index in [1.807, 2.05) is 0 Å². The normalized spacial score (nSPS) is 10.4. The number of para-hydroxylation sites is 1. The van der Waals surface area contributed by atoms with E-state index in [0.717, 1.165) is 5.56 Å². The summed E-state index contributed by atoms with van der Waals surface area (Å²) in [4.78, 5) is 38.1. The van der Waals surface area contributed by atoms with Crippen molar-refractivity contribution in [3.05, 3.63) is 81.6 Å². The van der Waals surface area contributed by atoms with Crippen molar-refractivity contribution in [2.24, 2.45) is 0 Å². The highest BCUT2D eigenvalue weighted by Gasteiger charge is 2.13. The van der Waals surface area contributed by atoms with Crippen LogP contribution >= 0.6 is 0 Å². The molecule has 0 aliphatic carbocycles. The largest absolute Gasteiger partial charge is 0.465 e. The minimum Gasteiger partial charge on any atom is -0.465 e. The van der Waals surface area contributed by atoms with E-state index < -0.39 is 11.9 Å². The molecule has 0 spiro atoms. The first-order valence-electron chi connectivity index (χ1n) is 7.55. The number of rotatable bonds is 4. The van der Waals surface area contributed by atoms with E-state index in [1.165, 1.54) is 13.2 Å². The zero-order valence-corrected chi connectivity index (χ0v) is 13.4. The number of methoxy groups -OCH3 is 1. The predicted molar refractivity (Wildman–Crippen MR) is 91.5 cm³/mol. The third-order valence-electron chi connectivity index (χ3n) is 3.72. The zero-order valence-electron chi connectivity index (χ0n) is 13.4. The summed E-state index contributed by atoms with van der Waals surface area (Å²) < 4.78 is 9.92.